The van der Waals surface area contributed by atoms with E-state index in [-0.39, 0.29) is 67.0 Å². The van der Waals surface area contributed by atoms with E-state index in [1.807, 2.05) is 90.9 Å². The zero-order valence-electron chi connectivity index (χ0n) is 36.1. The van der Waals surface area contributed by atoms with Crippen LogP contribution in [0.4, 0.5) is 0 Å². The average molecular weight is 789 g/mol. The van der Waals surface area contributed by atoms with E-state index in [0.29, 0.717) is 19.4 Å². The Kier molecular flexibility index (Phi) is 20.5. The van der Waals surface area contributed by atoms with E-state index in [4.69, 9.17) is 19.9 Å². The number of ether oxygens (including phenoxy) is 3. The average Bonchev–Trinajstić information content (AvgIpc) is 3.64. The van der Waals surface area contributed by atoms with Crippen molar-refractivity contribution >= 4 is 29.6 Å². The second kappa shape index (κ2) is 23.6. The van der Waals surface area contributed by atoms with E-state index in [2.05, 4.69) is 10.6 Å². The van der Waals surface area contributed by atoms with Crippen LogP contribution >= 0.6 is 0 Å². The van der Waals surface area contributed by atoms with E-state index in [9.17, 15) is 24.0 Å². The van der Waals surface area contributed by atoms with Gasteiger partial charge in [0.15, 0.2) is 0 Å². The number of esters is 1. The summed E-state index contributed by atoms with van der Waals surface area (Å²) in [6.07, 6.45) is 1.30. The molecule has 14 nitrogen and oxygen atoms in total. The standard InChI is InChI=1S/C42H72N6O8/c1-13-28(6)38(47(10)42(53)36(26(2)3)45-41(52)37(27(4)5)46(8)9)33(54-11)23-34(49)48-21-17-20-32(48)39(55-12)29(7)40(51)44-31(25-56-35(50)24-43)22-30-18-15-14-16-19-30/h14-16,18-19,26-29,31-33,36-39H,13,17,20-25,43H2,1-12H3,(H,44,51)(H,45,52)/t28-,29+,31-,32-,33+,36-,37?,38?,39+/m0/s1. The molecule has 0 bridgehead atoms. The fraction of sp³-hybridized carbons (Fsp3) is 0.738. The molecule has 14 heteroatoms. The molecule has 0 radical (unpaired) electrons. The predicted molar refractivity (Wildman–Crippen MR) is 217 cm³/mol. The summed E-state index contributed by atoms with van der Waals surface area (Å²) < 4.78 is 17.3. The highest BCUT2D eigenvalue weighted by Gasteiger charge is 2.43. The molecular formula is C42H72N6O8. The fourth-order valence-corrected chi connectivity index (χ4v) is 8.05. The van der Waals surface area contributed by atoms with Gasteiger partial charge in [-0.15, -0.1) is 0 Å². The minimum atomic E-state index is -0.772. The van der Waals surface area contributed by atoms with E-state index in [0.717, 1.165) is 18.4 Å². The second-order valence-electron chi connectivity index (χ2n) is 16.3. The number of likely N-dealkylation sites (N-methyl/N-ethyl adjacent to an activating group) is 2. The van der Waals surface area contributed by atoms with E-state index in [1.54, 1.807) is 38.0 Å². The molecule has 2 unspecified atom stereocenters. The van der Waals surface area contributed by atoms with Crippen molar-refractivity contribution in [2.45, 2.75) is 123 Å². The number of amides is 4. The smallest absolute Gasteiger partial charge is 0.319 e. The highest BCUT2D eigenvalue weighted by Crippen LogP contribution is 2.30. The molecule has 318 valence electrons. The summed E-state index contributed by atoms with van der Waals surface area (Å²) >= 11 is 0. The lowest BCUT2D eigenvalue weighted by Crippen LogP contribution is -2.59. The molecule has 0 saturated carbocycles. The molecule has 4 N–H and O–H groups in total. The van der Waals surface area contributed by atoms with Crippen LogP contribution in [0.5, 0.6) is 0 Å². The SMILES string of the molecule is CC[C@H](C)C([C@@H](CC(=O)N1CCC[C@H]1[C@H](OC)[C@@H](C)C(=O)N[C@H](COC(=O)CN)Cc1ccccc1)OC)N(C)C(=O)[C@@H](NC(=O)C(C(C)C)N(C)C)C(C)C. The number of rotatable bonds is 23. The summed E-state index contributed by atoms with van der Waals surface area (Å²) in [5.74, 6) is -2.28. The van der Waals surface area contributed by atoms with Crippen LogP contribution in [0.25, 0.3) is 0 Å². The third kappa shape index (κ3) is 13.5. The molecule has 0 spiro atoms. The molecule has 1 aliphatic heterocycles. The van der Waals surface area contributed by atoms with Gasteiger partial charge in [-0.05, 0) is 56.7 Å². The Balaban J connectivity index is 2.28. The Morgan fingerprint density at radius 3 is 2.07 bits per heavy atom. The maximum atomic E-state index is 14.3. The Labute approximate surface area is 335 Å². The second-order valence-corrected chi connectivity index (χ2v) is 16.3. The van der Waals surface area contributed by atoms with Crippen LogP contribution in [0, 0.1) is 23.7 Å². The van der Waals surface area contributed by atoms with Gasteiger partial charge in [-0.2, -0.15) is 0 Å². The summed E-state index contributed by atoms with van der Waals surface area (Å²) in [5, 5.41) is 6.08. The fourth-order valence-electron chi connectivity index (χ4n) is 8.05. The predicted octanol–water partition coefficient (Wildman–Crippen LogP) is 2.86. The number of nitrogens with one attached hydrogen (secondary N) is 2. The van der Waals surface area contributed by atoms with Crippen LogP contribution in [0.1, 0.15) is 79.7 Å². The molecule has 1 heterocycles. The van der Waals surface area contributed by atoms with Crippen molar-refractivity contribution in [1.82, 2.24) is 25.3 Å². The van der Waals surface area contributed by atoms with Crippen molar-refractivity contribution in [3.8, 4) is 0 Å². The molecular weight excluding hydrogens is 716 g/mol. The van der Waals surface area contributed by atoms with Gasteiger partial charge in [-0.3, -0.25) is 28.9 Å². The van der Waals surface area contributed by atoms with Crippen molar-refractivity contribution in [2.75, 3.05) is 55.1 Å². The normalized spacial score (nSPS) is 18.8. The van der Waals surface area contributed by atoms with Crippen molar-refractivity contribution in [3.63, 3.8) is 0 Å². The number of methoxy groups -OCH3 is 2. The Morgan fingerprint density at radius 1 is 0.911 bits per heavy atom. The lowest BCUT2D eigenvalue weighted by molar-refractivity contribution is -0.148. The zero-order chi connectivity index (χ0) is 42.3. The first-order chi connectivity index (χ1) is 26.4. The summed E-state index contributed by atoms with van der Waals surface area (Å²) in [7, 11) is 8.53. The molecule has 9 atom stereocenters. The summed E-state index contributed by atoms with van der Waals surface area (Å²) in [6.45, 7) is 13.8. The van der Waals surface area contributed by atoms with Gasteiger partial charge in [0, 0.05) is 27.8 Å². The molecule has 0 aliphatic carbocycles. The number of hydrogen-bond acceptors (Lipinski definition) is 10. The third-order valence-corrected chi connectivity index (χ3v) is 11.2. The van der Waals surface area contributed by atoms with Crippen LogP contribution in [0.15, 0.2) is 30.3 Å². The molecule has 1 aliphatic rings. The van der Waals surface area contributed by atoms with Crippen molar-refractivity contribution in [1.29, 1.82) is 0 Å². The molecule has 1 saturated heterocycles. The first-order valence-corrected chi connectivity index (χ1v) is 20.2. The van der Waals surface area contributed by atoms with Gasteiger partial charge in [0.05, 0.1) is 55.3 Å². The van der Waals surface area contributed by atoms with Crippen LogP contribution in [-0.2, 0) is 44.6 Å². The largest absolute Gasteiger partial charge is 0.463 e. The maximum Gasteiger partial charge on any atom is 0.319 e. The van der Waals surface area contributed by atoms with Crippen LogP contribution < -0.4 is 16.4 Å². The number of carbonyl (C=O) groups is 5. The first-order valence-electron chi connectivity index (χ1n) is 20.2. The molecule has 0 aromatic heterocycles. The summed E-state index contributed by atoms with van der Waals surface area (Å²) in [6, 6.07) is 7.07. The van der Waals surface area contributed by atoms with Crippen LogP contribution in [0.3, 0.4) is 0 Å². The molecule has 1 aromatic carbocycles. The minimum Gasteiger partial charge on any atom is -0.463 e. The van der Waals surface area contributed by atoms with Crippen LogP contribution in [-0.4, -0.2) is 142 Å². The highest BCUT2D eigenvalue weighted by molar-refractivity contribution is 5.90. The monoisotopic (exact) mass is 789 g/mol. The highest BCUT2D eigenvalue weighted by atomic mass is 16.5. The lowest BCUT2D eigenvalue weighted by atomic mass is 9.89. The van der Waals surface area contributed by atoms with E-state index >= 15 is 0 Å². The number of nitrogens with two attached hydrogens (primary N) is 1. The van der Waals surface area contributed by atoms with Crippen LogP contribution in [0.2, 0.25) is 0 Å². The van der Waals surface area contributed by atoms with Crippen molar-refractivity contribution < 1.29 is 38.2 Å². The Hall–Kier alpha value is -3.59. The first kappa shape index (κ1) is 48.6. The summed E-state index contributed by atoms with van der Waals surface area (Å²) in [5.41, 5.74) is 6.41. The van der Waals surface area contributed by atoms with Gasteiger partial charge in [-0.1, -0.05) is 85.2 Å². The number of carbonyl (C=O) groups excluding carboxylic acids is 5. The number of benzene rings is 1. The zero-order valence-corrected chi connectivity index (χ0v) is 36.1. The Morgan fingerprint density at radius 2 is 1.55 bits per heavy atom. The lowest BCUT2D eigenvalue weighted by Gasteiger charge is -2.41. The third-order valence-electron chi connectivity index (χ3n) is 11.2. The maximum absolute atomic E-state index is 14.3. The molecule has 4 amide bonds. The molecule has 1 aromatic rings. The molecule has 1 fully saturated rings. The molecule has 2 rings (SSSR count). The van der Waals surface area contributed by atoms with E-state index < -0.39 is 48.3 Å². The molecule has 56 heavy (non-hydrogen) atoms. The van der Waals surface area contributed by atoms with Gasteiger partial charge in [-0.25, -0.2) is 0 Å². The van der Waals surface area contributed by atoms with Crippen molar-refractivity contribution in [3.05, 3.63) is 35.9 Å². The number of likely N-dealkylation sites (tertiary alicyclic amines) is 1. The topological polar surface area (TPSA) is 173 Å². The van der Waals surface area contributed by atoms with Gasteiger partial charge in [0.25, 0.3) is 0 Å². The minimum absolute atomic E-state index is 0.0110. The van der Waals surface area contributed by atoms with Gasteiger partial charge in [0.1, 0.15) is 12.6 Å². The van der Waals surface area contributed by atoms with Gasteiger partial charge < -0.3 is 40.4 Å². The van der Waals surface area contributed by atoms with Gasteiger partial charge in [0.2, 0.25) is 23.6 Å². The van der Waals surface area contributed by atoms with Gasteiger partial charge >= 0.3 is 5.97 Å². The number of hydrogen-bond donors (Lipinski definition) is 3. The summed E-state index contributed by atoms with van der Waals surface area (Å²) in [4.78, 5) is 72.9. The van der Waals surface area contributed by atoms with Crippen molar-refractivity contribution in [2.24, 2.45) is 29.4 Å². The van der Waals surface area contributed by atoms with E-state index in [1.165, 1.54) is 0 Å². The Bertz CT molecular complexity index is 1390. The number of nitrogens with zero attached hydrogens (tertiary/aromatic N) is 3. The quantitative estimate of drug-likeness (QED) is 0.140.